The number of rotatable bonds is 0. The minimum atomic E-state index is -1.32. The molecular weight excluding hydrogens is 161 g/mol. The van der Waals surface area contributed by atoms with Crippen LogP contribution in [0.25, 0.3) is 0 Å². The number of halogens is 3. The van der Waals surface area contributed by atoms with Crippen LogP contribution in [0.3, 0.4) is 0 Å². The molecule has 0 aliphatic carbocycles. The molecule has 0 aromatic heterocycles. The molecule has 0 heterocycles. The molecule has 0 N–H and O–H groups in total. The maximum atomic E-state index is 12.6. The largest absolute Gasteiger partial charge is 0.208 e. The first-order valence-electron chi connectivity index (χ1n) is 2.93. The van der Waals surface area contributed by atoms with Gasteiger partial charge in [0.05, 0.1) is 0 Å². The summed E-state index contributed by atoms with van der Waals surface area (Å²) >= 11 is 0. The average Bonchev–Trinajstić information content (AvgIpc) is 2.08. The Hall–Kier alpha value is -0.795. The van der Waals surface area contributed by atoms with Crippen LogP contribution in [-0.4, -0.2) is 23.5 Å². The molecule has 0 atom stereocenters. The van der Waals surface area contributed by atoms with Gasteiger partial charge in [-0.3, -0.25) is 0 Å². The van der Waals surface area contributed by atoms with Crippen molar-refractivity contribution in [1.82, 2.24) is 0 Å². The third-order valence-electron chi connectivity index (χ3n) is 1.42. The molecule has 54 valence electrons. The molecule has 0 aliphatic rings. The second-order valence-electron chi connectivity index (χ2n) is 2.18. The van der Waals surface area contributed by atoms with Gasteiger partial charge in [0.2, 0.25) is 0 Å². The summed E-state index contributed by atoms with van der Waals surface area (Å²) in [6, 6.07) is 0. The van der Waals surface area contributed by atoms with E-state index in [-0.39, 0.29) is 0 Å². The molecule has 6 heteroatoms. The molecule has 0 saturated carbocycles. The third-order valence-corrected chi connectivity index (χ3v) is 1.42. The molecule has 1 rings (SSSR count). The van der Waals surface area contributed by atoms with Crippen molar-refractivity contribution < 1.29 is 13.2 Å². The lowest BCUT2D eigenvalue weighted by Gasteiger charge is -2.08. The van der Waals surface area contributed by atoms with Gasteiger partial charge in [0, 0.05) is 0 Å². The molecule has 0 amide bonds. The van der Waals surface area contributed by atoms with Crippen molar-refractivity contribution in [3.8, 4) is 0 Å². The Kier molecular flexibility index (Phi) is 2.26. The highest BCUT2D eigenvalue weighted by Gasteiger charge is 2.14. The Morgan fingerprint density at radius 1 is 0.583 bits per heavy atom. The van der Waals surface area contributed by atoms with E-state index in [4.69, 9.17) is 23.5 Å². The smallest absolute Gasteiger partial charge is 0.121 e. The summed E-state index contributed by atoms with van der Waals surface area (Å²) in [5.74, 6) is -3.96. The molecule has 0 unspecified atom stereocenters. The normalized spacial score (nSPS) is 10.2. The topological polar surface area (TPSA) is 0 Å². The van der Waals surface area contributed by atoms with E-state index in [0.717, 1.165) is 0 Å². The Balaban J connectivity index is 3.60. The molecular formula is C6B3F3. The highest BCUT2D eigenvalue weighted by molar-refractivity contribution is 6.43. The number of benzene rings is 1. The molecule has 6 radical (unpaired) electrons. The quantitative estimate of drug-likeness (QED) is 0.406. The molecule has 1 aromatic rings. The lowest BCUT2D eigenvalue weighted by atomic mass is 9.78. The molecule has 0 bridgehead atoms. The van der Waals surface area contributed by atoms with E-state index in [2.05, 4.69) is 0 Å². The van der Waals surface area contributed by atoms with Gasteiger partial charge in [-0.15, -0.1) is 0 Å². The van der Waals surface area contributed by atoms with Crippen LogP contribution >= 0.6 is 0 Å². The van der Waals surface area contributed by atoms with Crippen molar-refractivity contribution in [3.63, 3.8) is 0 Å². The maximum Gasteiger partial charge on any atom is 0.121 e. The van der Waals surface area contributed by atoms with Crippen molar-refractivity contribution >= 4 is 39.9 Å². The van der Waals surface area contributed by atoms with Crippen LogP contribution in [0.4, 0.5) is 13.2 Å². The highest BCUT2D eigenvalue weighted by Crippen LogP contribution is 1.96. The zero-order chi connectivity index (χ0) is 9.46. The van der Waals surface area contributed by atoms with Crippen LogP contribution in [0.1, 0.15) is 0 Å². The fourth-order valence-corrected chi connectivity index (χ4v) is 0.724. The monoisotopic (exact) mass is 162 g/mol. The molecule has 12 heavy (non-hydrogen) atoms. The van der Waals surface area contributed by atoms with E-state index in [0.29, 0.717) is 0 Å². The van der Waals surface area contributed by atoms with Crippen molar-refractivity contribution in [2.45, 2.75) is 0 Å². The van der Waals surface area contributed by atoms with Crippen LogP contribution in [0, 0.1) is 17.5 Å². The van der Waals surface area contributed by atoms with Crippen molar-refractivity contribution in [2.24, 2.45) is 0 Å². The summed E-state index contributed by atoms with van der Waals surface area (Å²) in [6.45, 7) is 0. The summed E-state index contributed by atoms with van der Waals surface area (Å²) in [6.07, 6.45) is 0. The lowest BCUT2D eigenvalue weighted by molar-refractivity contribution is 0.574. The lowest BCUT2D eigenvalue weighted by Crippen LogP contribution is -2.37. The van der Waals surface area contributed by atoms with E-state index in [1.165, 1.54) is 0 Å². The van der Waals surface area contributed by atoms with Crippen LogP contribution in [0.15, 0.2) is 0 Å². The number of hydrogen-bond donors (Lipinski definition) is 0. The number of hydrogen-bond acceptors (Lipinski definition) is 0. The minimum absolute atomic E-state index is 0.869. The van der Waals surface area contributed by atoms with E-state index in [1.807, 2.05) is 0 Å². The molecule has 0 aliphatic heterocycles. The van der Waals surface area contributed by atoms with Gasteiger partial charge in [-0.05, 0) is 16.4 Å². The Morgan fingerprint density at radius 2 is 0.750 bits per heavy atom. The summed E-state index contributed by atoms with van der Waals surface area (Å²) in [7, 11) is 14.6. The minimum Gasteiger partial charge on any atom is -0.208 e. The molecule has 0 fully saturated rings. The van der Waals surface area contributed by atoms with Crippen molar-refractivity contribution in [1.29, 1.82) is 0 Å². The van der Waals surface area contributed by atoms with Gasteiger partial charge >= 0.3 is 0 Å². The first kappa shape index (κ1) is 9.29. The predicted octanol–water partition coefficient (Wildman–Crippen LogP) is -1.51. The Labute approximate surface area is 71.4 Å². The molecule has 1 aromatic carbocycles. The first-order valence-corrected chi connectivity index (χ1v) is 2.93. The van der Waals surface area contributed by atoms with Crippen LogP contribution in [0.5, 0.6) is 0 Å². The van der Waals surface area contributed by atoms with Gasteiger partial charge in [-0.1, -0.05) is 0 Å². The van der Waals surface area contributed by atoms with Crippen molar-refractivity contribution in [2.75, 3.05) is 0 Å². The molecule has 0 nitrogen and oxygen atoms in total. The summed E-state index contributed by atoms with van der Waals surface area (Å²) in [5, 5.41) is 0. The summed E-state index contributed by atoms with van der Waals surface area (Å²) in [4.78, 5) is 0. The zero-order valence-corrected chi connectivity index (χ0v) is 5.87. The highest BCUT2D eigenvalue weighted by atomic mass is 19.1. The van der Waals surface area contributed by atoms with E-state index in [9.17, 15) is 13.2 Å². The fourth-order valence-electron chi connectivity index (χ4n) is 0.724. The molecule has 0 spiro atoms. The van der Waals surface area contributed by atoms with E-state index < -0.39 is 33.8 Å². The van der Waals surface area contributed by atoms with Crippen LogP contribution in [0.2, 0.25) is 0 Å². The second-order valence-corrected chi connectivity index (χ2v) is 2.18. The van der Waals surface area contributed by atoms with Gasteiger partial charge in [0.1, 0.15) is 41.0 Å². The second kappa shape index (κ2) is 2.92. The van der Waals surface area contributed by atoms with Crippen LogP contribution in [-0.2, 0) is 0 Å². The zero-order valence-electron chi connectivity index (χ0n) is 5.87. The maximum absolute atomic E-state index is 12.6. The molecule has 0 saturated heterocycles. The standard InChI is InChI=1S/C6B3F3/c7-1-4(10)2(8)6(12)3(9)5(1)11. The van der Waals surface area contributed by atoms with Gasteiger partial charge in [-0.2, -0.15) is 0 Å². The van der Waals surface area contributed by atoms with E-state index in [1.54, 1.807) is 0 Å². The van der Waals surface area contributed by atoms with Crippen LogP contribution < -0.4 is 16.4 Å². The Bertz CT molecular complexity index is 232. The van der Waals surface area contributed by atoms with Gasteiger partial charge in [-0.25, -0.2) is 13.2 Å². The predicted molar refractivity (Wildman–Crippen MR) is 42.5 cm³/mol. The fraction of sp³-hybridized carbons (Fsp3) is 0. The third kappa shape index (κ3) is 1.15. The Morgan fingerprint density at radius 3 is 0.917 bits per heavy atom. The van der Waals surface area contributed by atoms with E-state index >= 15 is 0 Å². The van der Waals surface area contributed by atoms with Gasteiger partial charge in [0.15, 0.2) is 0 Å². The van der Waals surface area contributed by atoms with Crippen molar-refractivity contribution in [3.05, 3.63) is 17.5 Å². The average molecular weight is 161 g/mol. The summed E-state index contributed by atoms with van der Waals surface area (Å²) in [5.41, 5.74) is -2.61. The SMILES string of the molecule is [B]c1c(F)c([B])c(F)c([B])c1F. The van der Waals surface area contributed by atoms with Gasteiger partial charge < -0.3 is 0 Å². The first-order chi connectivity index (χ1) is 5.46. The van der Waals surface area contributed by atoms with Gasteiger partial charge in [0.25, 0.3) is 0 Å². The summed E-state index contributed by atoms with van der Waals surface area (Å²) < 4.78 is 37.9.